The Hall–Kier alpha value is -1.30. The summed E-state index contributed by atoms with van der Waals surface area (Å²) in [6.45, 7) is 7.73. The van der Waals surface area contributed by atoms with Gasteiger partial charge in [-0.25, -0.2) is 9.59 Å². The number of urea groups is 1. The summed E-state index contributed by atoms with van der Waals surface area (Å²) < 4.78 is 0. The van der Waals surface area contributed by atoms with Gasteiger partial charge in [-0.05, 0) is 12.3 Å². The highest BCUT2D eigenvalue weighted by atomic mass is 16.4. The van der Waals surface area contributed by atoms with E-state index in [1.54, 1.807) is 7.05 Å². The molecule has 0 unspecified atom stereocenters. The van der Waals surface area contributed by atoms with E-state index in [1.165, 1.54) is 11.8 Å². The molecule has 6 heteroatoms. The first kappa shape index (κ1) is 15.7. The molecular weight excluding hydrogens is 224 g/mol. The molecular formula is C11H22N2O4. The van der Waals surface area contributed by atoms with Gasteiger partial charge in [0.25, 0.3) is 0 Å². The van der Waals surface area contributed by atoms with E-state index in [4.69, 9.17) is 5.11 Å². The van der Waals surface area contributed by atoms with Crippen LogP contribution in [0.15, 0.2) is 0 Å². The van der Waals surface area contributed by atoms with E-state index in [1.807, 2.05) is 20.8 Å². The zero-order valence-corrected chi connectivity index (χ0v) is 11.0. The fourth-order valence-electron chi connectivity index (χ4n) is 1.42. The number of hydrogen-bond donors (Lipinski definition) is 3. The zero-order valence-electron chi connectivity index (χ0n) is 11.0. The lowest BCUT2D eigenvalue weighted by molar-refractivity contribution is -0.141. The number of amides is 2. The van der Waals surface area contributed by atoms with E-state index in [0.717, 1.165) is 0 Å². The highest BCUT2D eigenvalue weighted by Gasteiger charge is 2.27. The van der Waals surface area contributed by atoms with Gasteiger partial charge in [-0.15, -0.1) is 0 Å². The van der Waals surface area contributed by atoms with Gasteiger partial charge in [0.05, 0.1) is 6.10 Å². The van der Waals surface area contributed by atoms with Crippen molar-refractivity contribution in [2.45, 2.75) is 39.8 Å². The van der Waals surface area contributed by atoms with Gasteiger partial charge in [0.15, 0.2) is 6.04 Å². The van der Waals surface area contributed by atoms with Crippen molar-refractivity contribution < 1.29 is 19.8 Å². The molecule has 0 rings (SSSR count). The number of rotatable bonds is 4. The second-order valence-electron chi connectivity index (χ2n) is 5.42. The molecule has 0 aliphatic heterocycles. The molecule has 0 bridgehead atoms. The van der Waals surface area contributed by atoms with Gasteiger partial charge in [0.2, 0.25) is 0 Å². The summed E-state index contributed by atoms with van der Waals surface area (Å²) in [4.78, 5) is 23.9. The third kappa shape index (κ3) is 6.11. The maximum absolute atomic E-state index is 11.7. The van der Waals surface area contributed by atoms with E-state index in [0.29, 0.717) is 6.54 Å². The molecule has 0 fully saturated rings. The molecule has 0 saturated heterocycles. The third-order valence-electron chi connectivity index (χ3n) is 2.09. The molecule has 0 saturated carbocycles. The van der Waals surface area contributed by atoms with Gasteiger partial charge < -0.3 is 20.4 Å². The molecule has 2 atom stereocenters. The third-order valence-corrected chi connectivity index (χ3v) is 2.09. The number of aliphatic carboxylic acids is 1. The molecule has 2 amide bonds. The van der Waals surface area contributed by atoms with Crippen LogP contribution in [0, 0.1) is 5.41 Å². The van der Waals surface area contributed by atoms with Crippen LogP contribution < -0.4 is 5.32 Å². The molecule has 0 spiro atoms. The predicted octanol–water partition coefficient (Wildman–Crippen LogP) is 0.508. The van der Waals surface area contributed by atoms with Crippen LogP contribution in [0.1, 0.15) is 27.7 Å². The average molecular weight is 246 g/mol. The first-order chi connectivity index (χ1) is 7.54. The minimum absolute atomic E-state index is 0.0738. The molecule has 0 aromatic rings. The number of hydrogen-bond acceptors (Lipinski definition) is 3. The second-order valence-corrected chi connectivity index (χ2v) is 5.42. The van der Waals surface area contributed by atoms with E-state index in [-0.39, 0.29) is 5.41 Å². The maximum Gasteiger partial charge on any atom is 0.328 e. The maximum atomic E-state index is 11.7. The van der Waals surface area contributed by atoms with Crippen LogP contribution in [0.4, 0.5) is 4.79 Å². The molecule has 0 aliphatic carbocycles. The van der Waals surface area contributed by atoms with Crippen molar-refractivity contribution in [1.82, 2.24) is 10.2 Å². The minimum Gasteiger partial charge on any atom is -0.480 e. The largest absolute Gasteiger partial charge is 0.480 e. The Balaban J connectivity index is 4.47. The fraction of sp³-hybridized carbons (Fsp3) is 0.818. The summed E-state index contributed by atoms with van der Waals surface area (Å²) in [6, 6.07) is -1.79. The number of nitrogens with one attached hydrogen (secondary N) is 1. The van der Waals surface area contributed by atoms with Crippen LogP contribution in [0.2, 0.25) is 0 Å². The van der Waals surface area contributed by atoms with E-state index in [9.17, 15) is 14.7 Å². The lowest BCUT2D eigenvalue weighted by Gasteiger charge is -2.28. The fourth-order valence-corrected chi connectivity index (χ4v) is 1.42. The van der Waals surface area contributed by atoms with Crippen molar-refractivity contribution in [3.8, 4) is 0 Å². The quantitative estimate of drug-likeness (QED) is 0.674. The van der Waals surface area contributed by atoms with Crippen molar-refractivity contribution in [3.05, 3.63) is 0 Å². The summed E-state index contributed by atoms with van der Waals surface area (Å²) >= 11 is 0. The molecule has 0 aliphatic rings. The first-order valence-electron chi connectivity index (χ1n) is 5.47. The summed E-state index contributed by atoms with van der Waals surface area (Å²) in [5.74, 6) is -1.25. The Morgan fingerprint density at radius 3 is 2.12 bits per heavy atom. The van der Waals surface area contributed by atoms with Crippen molar-refractivity contribution in [1.29, 1.82) is 0 Å². The first-order valence-corrected chi connectivity index (χ1v) is 5.47. The number of aliphatic hydroxyl groups excluding tert-OH is 1. The van der Waals surface area contributed by atoms with Gasteiger partial charge in [0.1, 0.15) is 0 Å². The number of carbonyl (C=O) groups excluding carboxylic acids is 1. The Morgan fingerprint density at radius 2 is 1.82 bits per heavy atom. The van der Waals surface area contributed by atoms with Crippen LogP contribution in [-0.2, 0) is 4.79 Å². The summed E-state index contributed by atoms with van der Waals surface area (Å²) in [7, 11) is 1.58. The minimum atomic E-state index is -1.29. The molecule has 0 aromatic carbocycles. The van der Waals surface area contributed by atoms with Crippen LogP contribution in [-0.4, -0.2) is 52.9 Å². The second kappa shape index (κ2) is 5.86. The number of carbonyl (C=O) groups is 2. The molecule has 0 aromatic heterocycles. The number of carboxylic acids is 1. The molecule has 0 heterocycles. The number of nitrogens with zero attached hydrogens (tertiary/aromatic N) is 1. The van der Waals surface area contributed by atoms with Gasteiger partial charge in [-0.2, -0.15) is 0 Å². The van der Waals surface area contributed by atoms with Crippen molar-refractivity contribution in [3.63, 3.8) is 0 Å². The highest BCUT2D eigenvalue weighted by molar-refractivity contribution is 5.82. The summed E-state index contributed by atoms with van der Waals surface area (Å²) in [6.07, 6.45) is -1.14. The number of aliphatic hydroxyl groups is 1. The summed E-state index contributed by atoms with van der Waals surface area (Å²) in [5.41, 5.74) is -0.0738. The van der Waals surface area contributed by atoms with Crippen LogP contribution in [0.5, 0.6) is 0 Å². The van der Waals surface area contributed by atoms with Gasteiger partial charge in [0, 0.05) is 13.6 Å². The van der Waals surface area contributed by atoms with E-state index < -0.39 is 24.1 Å². The van der Waals surface area contributed by atoms with E-state index >= 15 is 0 Å². The SMILES string of the molecule is C[C@@H](O)[C@H](NC(=O)N(C)CC(C)(C)C)C(=O)O. The van der Waals surface area contributed by atoms with E-state index in [2.05, 4.69) is 5.32 Å². The normalized spacial score (nSPS) is 14.9. The Bertz CT molecular complexity index is 284. The molecule has 0 radical (unpaired) electrons. The van der Waals surface area contributed by atoms with Gasteiger partial charge in [-0.1, -0.05) is 20.8 Å². The lowest BCUT2D eigenvalue weighted by Crippen LogP contribution is -2.52. The molecule has 17 heavy (non-hydrogen) atoms. The monoisotopic (exact) mass is 246 g/mol. The van der Waals surface area contributed by atoms with Crippen LogP contribution in [0.3, 0.4) is 0 Å². The Kier molecular flexibility index (Phi) is 5.41. The standard InChI is InChI=1S/C11H22N2O4/c1-7(14)8(9(15)16)12-10(17)13(5)6-11(2,3)4/h7-8,14H,6H2,1-5H3,(H,12,17)(H,15,16)/t7-,8+/m1/s1. The van der Waals surface area contributed by atoms with Crippen LogP contribution >= 0.6 is 0 Å². The number of carboxylic acid groups (broad SMARTS) is 1. The predicted molar refractivity (Wildman–Crippen MR) is 63.7 cm³/mol. The van der Waals surface area contributed by atoms with Gasteiger partial charge >= 0.3 is 12.0 Å². The average Bonchev–Trinajstić information content (AvgIpc) is 2.09. The van der Waals surface area contributed by atoms with Crippen molar-refractivity contribution >= 4 is 12.0 Å². The highest BCUT2D eigenvalue weighted by Crippen LogP contribution is 2.14. The lowest BCUT2D eigenvalue weighted by atomic mass is 9.96. The van der Waals surface area contributed by atoms with Crippen molar-refractivity contribution in [2.24, 2.45) is 5.41 Å². The Morgan fingerprint density at radius 1 is 1.35 bits per heavy atom. The smallest absolute Gasteiger partial charge is 0.328 e. The molecule has 3 N–H and O–H groups in total. The Labute approximate surface area is 102 Å². The van der Waals surface area contributed by atoms with Crippen molar-refractivity contribution in [2.75, 3.05) is 13.6 Å². The zero-order chi connectivity index (χ0) is 13.8. The molecule has 100 valence electrons. The molecule has 6 nitrogen and oxygen atoms in total. The topological polar surface area (TPSA) is 89.9 Å². The van der Waals surface area contributed by atoms with Crippen LogP contribution in [0.25, 0.3) is 0 Å². The van der Waals surface area contributed by atoms with Gasteiger partial charge in [-0.3, -0.25) is 0 Å². The summed E-state index contributed by atoms with van der Waals surface area (Å²) in [5, 5.41) is 20.3.